The molecular formula is C24H36FN3O3S. The van der Waals surface area contributed by atoms with E-state index in [2.05, 4.69) is 4.90 Å². The lowest BCUT2D eigenvalue weighted by Gasteiger charge is -2.33. The molecule has 8 heteroatoms. The van der Waals surface area contributed by atoms with Crippen molar-refractivity contribution >= 4 is 15.9 Å². The number of hydrogen-bond acceptors (Lipinski definition) is 4. The number of halogens is 1. The highest BCUT2D eigenvalue weighted by atomic mass is 32.2. The summed E-state index contributed by atoms with van der Waals surface area (Å²) in [6.07, 6.45) is 8.89. The second kappa shape index (κ2) is 10.6. The third-order valence-electron chi connectivity index (χ3n) is 7.40. The molecule has 0 unspecified atom stereocenters. The average Bonchev–Trinajstić information content (AvgIpc) is 3.05. The van der Waals surface area contributed by atoms with Crippen LogP contribution >= 0.6 is 0 Å². The van der Waals surface area contributed by atoms with Crippen LogP contribution in [0.15, 0.2) is 29.2 Å². The first kappa shape index (κ1) is 23.6. The summed E-state index contributed by atoms with van der Waals surface area (Å²) in [5, 5.41) is 0. The van der Waals surface area contributed by atoms with Gasteiger partial charge in [-0.25, -0.2) is 12.8 Å². The van der Waals surface area contributed by atoms with Crippen LogP contribution in [0.1, 0.15) is 51.4 Å². The van der Waals surface area contributed by atoms with Crippen molar-refractivity contribution in [2.75, 3.05) is 45.8 Å². The molecule has 1 aromatic rings. The van der Waals surface area contributed by atoms with Crippen molar-refractivity contribution < 1.29 is 17.6 Å². The number of piperidine rings is 1. The van der Waals surface area contributed by atoms with E-state index in [1.54, 1.807) is 0 Å². The molecule has 0 radical (unpaired) electrons. The maximum atomic E-state index is 13.2. The third kappa shape index (κ3) is 5.69. The number of carbonyl (C=O) groups excluding carboxylic acids is 1. The molecule has 1 saturated carbocycles. The molecule has 0 atom stereocenters. The number of hydrogen-bond donors (Lipinski definition) is 0. The van der Waals surface area contributed by atoms with Gasteiger partial charge in [-0.2, -0.15) is 4.31 Å². The molecule has 178 valence electrons. The average molecular weight is 466 g/mol. The minimum Gasteiger partial charge on any atom is -0.341 e. The zero-order valence-corrected chi connectivity index (χ0v) is 19.7. The Bertz CT molecular complexity index is 863. The van der Waals surface area contributed by atoms with Crippen LogP contribution in [0.2, 0.25) is 0 Å². The number of benzene rings is 1. The zero-order valence-electron chi connectivity index (χ0n) is 18.9. The summed E-state index contributed by atoms with van der Waals surface area (Å²) in [5.74, 6) is 0.435. The van der Waals surface area contributed by atoms with Crippen LogP contribution in [0.5, 0.6) is 0 Å². The van der Waals surface area contributed by atoms with Crippen molar-refractivity contribution in [2.24, 2.45) is 11.8 Å². The zero-order chi connectivity index (χ0) is 22.6. The Kier molecular flexibility index (Phi) is 7.84. The molecule has 0 N–H and O–H groups in total. The van der Waals surface area contributed by atoms with Crippen molar-refractivity contribution in [3.05, 3.63) is 30.1 Å². The van der Waals surface area contributed by atoms with E-state index in [9.17, 15) is 17.6 Å². The molecule has 2 saturated heterocycles. The molecule has 6 nitrogen and oxygen atoms in total. The van der Waals surface area contributed by atoms with Gasteiger partial charge in [-0.3, -0.25) is 4.79 Å². The summed E-state index contributed by atoms with van der Waals surface area (Å²) in [5.41, 5.74) is 0. The van der Waals surface area contributed by atoms with Gasteiger partial charge in [0.25, 0.3) is 0 Å². The highest BCUT2D eigenvalue weighted by Gasteiger charge is 2.34. The predicted octanol–water partition coefficient (Wildman–Crippen LogP) is 3.34. The van der Waals surface area contributed by atoms with E-state index in [0.29, 0.717) is 25.9 Å². The van der Waals surface area contributed by atoms with E-state index in [0.717, 1.165) is 38.5 Å². The minimum absolute atomic E-state index is 0.106. The molecule has 2 aliphatic heterocycles. The molecule has 32 heavy (non-hydrogen) atoms. The lowest BCUT2D eigenvalue weighted by molar-refractivity contribution is -0.136. The van der Waals surface area contributed by atoms with Gasteiger partial charge >= 0.3 is 0 Å². The van der Waals surface area contributed by atoms with Crippen molar-refractivity contribution in [2.45, 2.75) is 56.3 Å². The minimum atomic E-state index is -3.65. The lowest BCUT2D eigenvalue weighted by atomic mass is 9.89. The Labute approximate surface area is 191 Å². The Morgan fingerprint density at radius 3 is 2.22 bits per heavy atom. The lowest BCUT2D eigenvalue weighted by Crippen LogP contribution is -2.45. The summed E-state index contributed by atoms with van der Waals surface area (Å²) in [6.45, 7) is 5.42. The molecule has 1 amide bonds. The smallest absolute Gasteiger partial charge is 0.243 e. The molecule has 0 spiro atoms. The van der Waals surface area contributed by atoms with Gasteiger partial charge in [0.1, 0.15) is 5.82 Å². The standard InChI is InChI=1S/C24H36FN3O3S/c25-22-7-9-23(10-8-22)32(30,31)28-15-11-21(12-16-28)24(29)27-14-4-13-26(17-18-27)19-20-5-2-1-3-6-20/h7-10,20-21H,1-6,11-19H2. The van der Waals surface area contributed by atoms with Crippen LogP contribution in [-0.4, -0.2) is 74.2 Å². The Morgan fingerprint density at radius 2 is 1.53 bits per heavy atom. The van der Waals surface area contributed by atoms with Gasteiger partial charge in [0.05, 0.1) is 4.90 Å². The van der Waals surface area contributed by atoms with Crippen LogP contribution in [-0.2, 0) is 14.8 Å². The fourth-order valence-electron chi connectivity index (χ4n) is 5.47. The summed E-state index contributed by atoms with van der Waals surface area (Å²) >= 11 is 0. The highest BCUT2D eigenvalue weighted by Crippen LogP contribution is 2.27. The molecule has 0 bridgehead atoms. The number of amides is 1. The Balaban J connectivity index is 1.27. The largest absolute Gasteiger partial charge is 0.341 e. The first-order valence-electron chi connectivity index (χ1n) is 12.2. The molecular weight excluding hydrogens is 429 g/mol. The Morgan fingerprint density at radius 1 is 0.844 bits per heavy atom. The van der Waals surface area contributed by atoms with Crippen LogP contribution in [0.4, 0.5) is 4.39 Å². The van der Waals surface area contributed by atoms with Crippen molar-refractivity contribution in [3.63, 3.8) is 0 Å². The van der Waals surface area contributed by atoms with Crippen LogP contribution in [0.3, 0.4) is 0 Å². The van der Waals surface area contributed by atoms with Crippen molar-refractivity contribution in [1.82, 2.24) is 14.1 Å². The van der Waals surface area contributed by atoms with Gasteiger partial charge in [-0.1, -0.05) is 19.3 Å². The van der Waals surface area contributed by atoms with Crippen LogP contribution < -0.4 is 0 Å². The molecule has 1 aromatic carbocycles. The van der Waals surface area contributed by atoms with E-state index < -0.39 is 15.8 Å². The summed E-state index contributed by atoms with van der Waals surface area (Å²) in [7, 11) is -3.65. The van der Waals surface area contributed by atoms with Gasteiger partial charge in [0.2, 0.25) is 15.9 Å². The molecule has 4 rings (SSSR count). The monoisotopic (exact) mass is 465 g/mol. The summed E-state index contributed by atoms with van der Waals surface area (Å²) < 4.78 is 40.2. The summed E-state index contributed by atoms with van der Waals surface area (Å²) in [6, 6.07) is 4.94. The SMILES string of the molecule is O=C(C1CCN(S(=O)(=O)c2ccc(F)cc2)CC1)N1CCCN(CC2CCCCC2)CC1. The number of rotatable bonds is 5. The van der Waals surface area contributed by atoms with Gasteiger partial charge < -0.3 is 9.80 Å². The normalized spacial score (nSPS) is 23.2. The number of nitrogens with zero attached hydrogens (tertiary/aromatic N) is 3. The highest BCUT2D eigenvalue weighted by molar-refractivity contribution is 7.89. The van der Waals surface area contributed by atoms with E-state index in [4.69, 9.17) is 0 Å². The van der Waals surface area contributed by atoms with Gasteiger partial charge in [-0.05, 0) is 68.8 Å². The molecule has 0 aromatic heterocycles. The van der Waals surface area contributed by atoms with Crippen molar-refractivity contribution in [1.29, 1.82) is 0 Å². The molecule has 1 aliphatic carbocycles. The molecule has 3 aliphatic rings. The van der Waals surface area contributed by atoms with Crippen LogP contribution in [0, 0.1) is 17.7 Å². The van der Waals surface area contributed by atoms with E-state index in [-0.39, 0.29) is 16.7 Å². The fraction of sp³-hybridized carbons (Fsp3) is 0.708. The van der Waals surface area contributed by atoms with E-state index >= 15 is 0 Å². The second-order valence-corrected chi connectivity index (χ2v) is 11.6. The third-order valence-corrected chi connectivity index (χ3v) is 9.31. The maximum absolute atomic E-state index is 13.2. The van der Waals surface area contributed by atoms with Gasteiger partial charge in [0.15, 0.2) is 0 Å². The molecule has 2 heterocycles. The molecule has 3 fully saturated rings. The van der Waals surface area contributed by atoms with Gasteiger partial charge in [0, 0.05) is 45.2 Å². The van der Waals surface area contributed by atoms with Crippen LogP contribution in [0.25, 0.3) is 0 Å². The number of sulfonamides is 1. The van der Waals surface area contributed by atoms with E-state index in [1.165, 1.54) is 67.2 Å². The maximum Gasteiger partial charge on any atom is 0.243 e. The van der Waals surface area contributed by atoms with Gasteiger partial charge in [-0.15, -0.1) is 0 Å². The predicted molar refractivity (Wildman–Crippen MR) is 122 cm³/mol. The number of carbonyl (C=O) groups is 1. The Hall–Kier alpha value is -1.51. The summed E-state index contributed by atoms with van der Waals surface area (Å²) in [4.78, 5) is 17.8. The fourth-order valence-corrected chi connectivity index (χ4v) is 6.94. The van der Waals surface area contributed by atoms with E-state index in [1.807, 2.05) is 4.90 Å². The first-order chi connectivity index (χ1) is 15.4. The topological polar surface area (TPSA) is 60.9 Å². The van der Waals surface area contributed by atoms with Crippen molar-refractivity contribution in [3.8, 4) is 0 Å². The quantitative estimate of drug-likeness (QED) is 0.669. The first-order valence-corrected chi connectivity index (χ1v) is 13.6. The second-order valence-electron chi connectivity index (χ2n) is 9.62.